The maximum Gasteiger partial charge on any atom is 0.238 e. The average molecular weight is 266 g/mol. The molecule has 102 valence electrons. The first kappa shape index (κ1) is 12.9. The van der Waals surface area contributed by atoms with Crippen molar-refractivity contribution in [2.75, 3.05) is 11.9 Å². The lowest BCUT2D eigenvalue weighted by Crippen LogP contribution is -2.29. The van der Waals surface area contributed by atoms with Gasteiger partial charge in [-0.15, -0.1) is 0 Å². The van der Waals surface area contributed by atoms with Gasteiger partial charge in [-0.05, 0) is 24.1 Å². The normalized spacial score (nSPS) is 15.3. The lowest BCUT2D eigenvalue weighted by molar-refractivity contribution is -0.117. The summed E-state index contributed by atoms with van der Waals surface area (Å²) in [6, 6.07) is 16.5. The summed E-state index contributed by atoms with van der Waals surface area (Å²) in [7, 11) is 0. The fourth-order valence-corrected chi connectivity index (χ4v) is 2.62. The van der Waals surface area contributed by atoms with Crippen LogP contribution in [0.25, 0.3) is 0 Å². The van der Waals surface area contributed by atoms with Crippen molar-refractivity contribution in [2.24, 2.45) is 0 Å². The third-order valence-corrected chi connectivity index (χ3v) is 3.55. The first-order valence-electron chi connectivity index (χ1n) is 6.86. The summed E-state index contributed by atoms with van der Waals surface area (Å²) in [5, 5.41) is 2.98. The van der Waals surface area contributed by atoms with Crippen molar-refractivity contribution in [1.29, 1.82) is 0 Å². The number of benzene rings is 2. The smallest absolute Gasteiger partial charge is 0.238 e. The van der Waals surface area contributed by atoms with E-state index >= 15 is 0 Å². The third kappa shape index (κ3) is 2.89. The number of nitrogens with zero attached hydrogens (tertiary/aromatic N) is 1. The van der Waals surface area contributed by atoms with Crippen molar-refractivity contribution in [3.8, 4) is 0 Å². The molecule has 1 aliphatic rings. The number of anilines is 1. The molecule has 2 aromatic rings. The lowest BCUT2D eigenvalue weighted by Gasteiger charge is -2.19. The molecule has 0 aromatic heterocycles. The maximum absolute atomic E-state index is 12.0. The number of fused-ring (bicyclic) bond motifs is 1. The lowest BCUT2D eigenvalue weighted by atomic mass is 10.1. The van der Waals surface area contributed by atoms with Gasteiger partial charge in [0.15, 0.2) is 0 Å². The van der Waals surface area contributed by atoms with Gasteiger partial charge in [-0.1, -0.05) is 48.0 Å². The SMILES string of the molecule is Cc1ccc2c(c1)CN(Cc1ccccc1)CC(=O)N2. The first-order valence-corrected chi connectivity index (χ1v) is 6.86. The van der Waals surface area contributed by atoms with Gasteiger partial charge in [0.1, 0.15) is 0 Å². The molecular formula is C17H18N2O. The second kappa shape index (κ2) is 5.47. The van der Waals surface area contributed by atoms with Gasteiger partial charge in [-0.25, -0.2) is 0 Å². The van der Waals surface area contributed by atoms with Gasteiger partial charge in [0.2, 0.25) is 5.91 Å². The van der Waals surface area contributed by atoms with Crippen LogP contribution in [0.3, 0.4) is 0 Å². The molecule has 0 saturated heterocycles. The van der Waals surface area contributed by atoms with E-state index in [0.29, 0.717) is 6.54 Å². The average Bonchev–Trinajstić information content (AvgIpc) is 2.57. The number of carbonyl (C=O) groups is 1. The molecule has 20 heavy (non-hydrogen) atoms. The van der Waals surface area contributed by atoms with E-state index in [1.165, 1.54) is 16.7 Å². The Hall–Kier alpha value is -2.13. The fourth-order valence-electron chi connectivity index (χ4n) is 2.62. The minimum Gasteiger partial charge on any atom is -0.325 e. The number of amides is 1. The molecule has 0 unspecified atom stereocenters. The Balaban J connectivity index is 1.85. The van der Waals surface area contributed by atoms with Crippen LogP contribution in [0, 0.1) is 6.92 Å². The molecule has 0 atom stereocenters. The number of hydrogen-bond donors (Lipinski definition) is 1. The van der Waals surface area contributed by atoms with E-state index < -0.39 is 0 Å². The summed E-state index contributed by atoms with van der Waals surface area (Å²) >= 11 is 0. The van der Waals surface area contributed by atoms with Crippen molar-refractivity contribution in [3.05, 3.63) is 65.2 Å². The maximum atomic E-state index is 12.0. The molecule has 0 spiro atoms. The minimum absolute atomic E-state index is 0.0588. The molecule has 0 saturated carbocycles. The summed E-state index contributed by atoms with van der Waals surface area (Å²) in [5.74, 6) is 0.0588. The molecule has 3 nitrogen and oxygen atoms in total. The molecule has 1 N–H and O–H groups in total. The number of aryl methyl sites for hydroxylation is 1. The van der Waals surface area contributed by atoms with Gasteiger partial charge in [0.25, 0.3) is 0 Å². The van der Waals surface area contributed by atoms with Crippen LogP contribution in [0.5, 0.6) is 0 Å². The molecular weight excluding hydrogens is 248 g/mol. The topological polar surface area (TPSA) is 32.3 Å². The summed E-state index contributed by atoms with van der Waals surface area (Å²) in [5.41, 5.74) is 4.58. The molecule has 1 aliphatic heterocycles. The highest BCUT2D eigenvalue weighted by Crippen LogP contribution is 2.23. The van der Waals surface area contributed by atoms with E-state index in [1.807, 2.05) is 30.3 Å². The van der Waals surface area contributed by atoms with Crippen molar-refractivity contribution in [2.45, 2.75) is 20.0 Å². The second-order valence-corrected chi connectivity index (χ2v) is 5.34. The van der Waals surface area contributed by atoms with Crippen LogP contribution < -0.4 is 5.32 Å². The van der Waals surface area contributed by atoms with Crippen LogP contribution >= 0.6 is 0 Å². The molecule has 3 heteroatoms. The Kier molecular flexibility index (Phi) is 3.52. The number of rotatable bonds is 2. The quantitative estimate of drug-likeness (QED) is 0.906. The van der Waals surface area contributed by atoms with Crippen LogP contribution in [0.4, 0.5) is 5.69 Å². The molecule has 3 rings (SSSR count). The number of nitrogens with one attached hydrogen (secondary N) is 1. The van der Waals surface area contributed by atoms with Gasteiger partial charge in [-0.2, -0.15) is 0 Å². The molecule has 1 heterocycles. The molecule has 0 radical (unpaired) electrons. The van der Waals surface area contributed by atoms with Crippen molar-refractivity contribution < 1.29 is 4.79 Å². The summed E-state index contributed by atoms with van der Waals surface area (Å²) in [6.07, 6.45) is 0. The Morgan fingerprint density at radius 2 is 1.90 bits per heavy atom. The van der Waals surface area contributed by atoms with E-state index in [1.54, 1.807) is 0 Å². The highest BCUT2D eigenvalue weighted by molar-refractivity contribution is 5.93. The molecule has 1 amide bonds. The predicted octanol–water partition coefficient (Wildman–Crippen LogP) is 2.95. The van der Waals surface area contributed by atoms with Gasteiger partial charge in [0.05, 0.1) is 6.54 Å². The van der Waals surface area contributed by atoms with E-state index in [2.05, 4.69) is 35.3 Å². The van der Waals surface area contributed by atoms with Crippen LogP contribution in [0.2, 0.25) is 0 Å². The zero-order valence-electron chi connectivity index (χ0n) is 11.6. The number of hydrogen-bond acceptors (Lipinski definition) is 2. The third-order valence-electron chi connectivity index (χ3n) is 3.55. The highest BCUT2D eigenvalue weighted by atomic mass is 16.2. The Labute approximate surface area is 119 Å². The zero-order chi connectivity index (χ0) is 13.9. The van der Waals surface area contributed by atoms with Gasteiger partial charge in [-0.3, -0.25) is 9.69 Å². The fraction of sp³-hybridized carbons (Fsp3) is 0.235. The van der Waals surface area contributed by atoms with E-state index in [0.717, 1.165) is 18.8 Å². The molecule has 2 aromatic carbocycles. The van der Waals surface area contributed by atoms with E-state index in [4.69, 9.17) is 0 Å². The summed E-state index contributed by atoms with van der Waals surface area (Å²) in [4.78, 5) is 14.2. The number of carbonyl (C=O) groups excluding carboxylic acids is 1. The molecule has 0 bridgehead atoms. The minimum atomic E-state index is 0.0588. The van der Waals surface area contributed by atoms with E-state index in [9.17, 15) is 4.79 Å². The summed E-state index contributed by atoms with van der Waals surface area (Å²) in [6.45, 7) is 4.10. The Morgan fingerprint density at radius 3 is 2.70 bits per heavy atom. The monoisotopic (exact) mass is 266 g/mol. The summed E-state index contributed by atoms with van der Waals surface area (Å²) < 4.78 is 0. The van der Waals surface area contributed by atoms with Crippen molar-refractivity contribution in [1.82, 2.24) is 4.90 Å². The van der Waals surface area contributed by atoms with Gasteiger partial charge < -0.3 is 5.32 Å². The predicted molar refractivity (Wildman–Crippen MR) is 80.4 cm³/mol. The van der Waals surface area contributed by atoms with E-state index in [-0.39, 0.29) is 5.91 Å². The van der Waals surface area contributed by atoms with Crippen LogP contribution in [0.1, 0.15) is 16.7 Å². The molecule has 0 fully saturated rings. The van der Waals surface area contributed by atoms with Crippen LogP contribution in [0.15, 0.2) is 48.5 Å². The zero-order valence-corrected chi connectivity index (χ0v) is 11.6. The highest BCUT2D eigenvalue weighted by Gasteiger charge is 2.19. The van der Waals surface area contributed by atoms with Crippen molar-refractivity contribution >= 4 is 11.6 Å². The van der Waals surface area contributed by atoms with Crippen molar-refractivity contribution in [3.63, 3.8) is 0 Å². The second-order valence-electron chi connectivity index (χ2n) is 5.34. The molecule has 0 aliphatic carbocycles. The first-order chi connectivity index (χ1) is 9.70. The standard InChI is InChI=1S/C17H18N2O/c1-13-7-8-16-15(9-13)11-19(12-17(20)18-16)10-14-5-3-2-4-6-14/h2-9H,10-12H2,1H3,(H,18,20). The van der Waals surface area contributed by atoms with Gasteiger partial charge in [0, 0.05) is 18.8 Å². The largest absolute Gasteiger partial charge is 0.325 e. The van der Waals surface area contributed by atoms with Crippen LogP contribution in [-0.2, 0) is 17.9 Å². The Bertz CT molecular complexity index is 622. The van der Waals surface area contributed by atoms with Crippen LogP contribution in [-0.4, -0.2) is 17.4 Å². The van der Waals surface area contributed by atoms with Gasteiger partial charge >= 0.3 is 0 Å². The Morgan fingerprint density at radius 1 is 1.10 bits per heavy atom.